The Kier molecular flexibility index (Phi) is 4.62. The summed E-state index contributed by atoms with van der Waals surface area (Å²) in [5.74, 6) is 0.775. The molecule has 1 N–H and O–H groups in total. The maximum Gasteiger partial charge on any atom is 0.224 e. The molecule has 1 aromatic carbocycles. The minimum Gasteiger partial charge on any atom is -0.497 e. The van der Waals surface area contributed by atoms with Gasteiger partial charge in [-0.1, -0.05) is 0 Å². The molecule has 0 atom stereocenters. The van der Waals surface area contributed by atoms with Crippen molar-refractivity contribution in [2.45, 2.75) is 26.7 Å². The highest BCUT2D eigenvalue weighted by Gasteiger charge is 2.11. The molecular formula is C16H21N3O2. The number of amides is 1. The summed E-state index contributed by atoms with van der Waals surface area (Å²) >= 11 is 0. The van der Waals surface area contributed by atoms with Gasteiger partial charge in [0.1, 0.15) is 5.75 Å². The van der Waals surface area contributed by atoms with Crippen LogP contribution in [-0.4, -0.2) is 22.8 Å². The highest BCUT2D eigenvalue weighted by atomic mass is 16.5. The van der Waals surface area contributed by atoms with Crippen LogP contribution in [0.1, 0.15) is 23.4 Å². The second-order valence-corrected chi connectivity index (χ2v) is 5.05. The van der Waals surface area contributed by atoms with Crippen LogP contribution in [0.4, 0.5) is 5.69 Å². The Hall–Kier alpha value is -2.30. The van der Waals surface area contributed by atoms with Crippen molar-refractivity contribution in [3.63, 3.8) is 0 Å². The normalized spacial score (nSPS) is 10.5. The van der Waals surface area contributed by atoms with Gasteiger partial charge in [0.25, 0.3) is 0 Å². The second kappa shape index (κ2) is 6.43. The second-order valence-electron chi connectivity index (χ2n) is 5.05. The molecule has 0 aliphatic rings. The zero-order chi connectivity index (χ0) is 15.4. The van der Waals surface area contributed by atoms with E-state index < -0.39 is 0 Å². The highest BCUT2D eigenvalue weighted by molar-refractivity contribution is 5.90. The van der Waals surface area contributed by atoms with Crippen molar-refractivity contribution in [1.82, 2.24) is 9.78 Å². The summed E-state index contributed by atoms with van der Waals surface area (Å²) < 4.78 is 6.94. The Balaban J connectivity index is 1.92. The lowest BCUT2D eigenvalue weighted by atomic mass is 10.1. The van der Waals surface area contributed by atoms with Gasteiger partial charge in [0.2, 0.25) is 5.91 Å². The fourth-order valence-corrected chi connectivity index (χ4v) is 2.32. The van der Waals surface area contributed by atoms with Crippen molar-refractivity contribution >= 4 is 11.6 Å². The molecule has 0 aliphatic heterocycles. The van der Waals surface area contributed by atoms with E-state index in [2.05, 4.69) is 10.4 Å². The van der Waals surface area contributed by atoms with Crippen LogP contribution < -0.4 is 10.1 Å². The molecule has 2 aromatic rings. The first-order chi connectivity index (χ1) is 10.0. The molecule has 5 nitrogen and oxygen atoms in total. The molecule has 0 radical (unpaired) electrons. The Morgan fingerprint density at radius 1 is 1.29 bits per heavy atom. The zero-order valence-corrected chi connectivity index (χ0v) is 12.9. The number of hydrogen-bond donors (Lipinski definition) is 1. The number of aryl methyl sites for hydroxylation is 2. The minimum absolute atomic E-state index is 0.00261. The van der Waals surface area contributed by atoms with Crippen LogP contribution in [0.25, 0.3) is 0 Å². The number of rotatable bonds is 5. The topological polar surface area (TPSA) is 56.1 Å². The molecule has 0 fully saturated rings. The van der Waals surface area contributed by atoms with E-state index in [4.69, 9.17) is 4.74 Å². The molecule has 0 saturated heterocycles. The van der Waals surface area contributed by atoms with Gasteiger partial charge in [0.15, 0.2) is 0 Å². The zero-order valence-electron chi connectivity index (χ0n) is 12.9. The first-order valence-corrected chi connectivity index (χ1v) is 6.94. The van der Waals surface area contributed by atoms with Gasteiger partial charge in [-0.05, 0) is 50.1 Å². The number of hydrogen-bond acceptors (Lipinski definition) is 3. The number of nitrogens with zero attached hydrogens (tertiary/aromatic N) is 2. The van der Waals surface area contributed by atoms with Gasteiger partial charge >= 0.3 is 0 Å². The van der Waals surface area contributed by atoms with E-state index in [-0.39, 0.29) is 5.91 Å². The van der Waals surface area contributed by atoms with Gasteiger partial charge in [-0.15, -0.1) is 0 Å². The van der Waals surface area contributed by atoms with Gasteiger partial charge in [-0.25, -0.2) is 0 Å². The van der Waals surface area contributed by atoms with Gasteiger partial charge < -0.3 is 10.1 Å². The van der Waals surface area contributed by atoms with Gasteiger partial charge in [-0.3, -0.25) is 9.48 Å². The third-order valence-corrected chi connectivity index (χ3v) is 3.63. The Morgan fingerprint density at radius 3 is 2.48 bits per heavy atom. The number of ether oxygens (including phenoxy) is 1. The van der Waals surface area contributed by atoms with Crippen molar-refractivity contribution in [2.24, 2.45) is 7.05 Å². The van der Waals surface area contributed by atoms with Crippen molar-refractivity contribution in [3.8, 4) is 5.75 Å². The molecule has 2 rings (SSSR count). The first kappa shape index (κ1) is 15.1. The molecule has 1 amide bonds. The van der Waals surface area contributed by atoms with Crippen LogP contribution in [0.5, 0.6) is 5.75 Å². The third kappa shape index (κ3) is 3.62. The fourth-order valence-electron chi connectivity index (χ4n) is 2.32. The summed E-state index contributed by atoms with van der Waals surface area (Å²) in [5.41, 5.74) is 4.04. The highest BCUT2D eigenvalue weighted by Crippen LogP contribution is 2.17. The lowest BCUT2D eigenvalue weighted by Gasteiger charge is -2.06. The van der Waals surface area contributed by atoms with Crippen LogP contribution in [0.2, 0.25) is 0 Å². The summed E-state index contributed by atoms with van der Waals surface area (Å²) in [6, 6.07) is 7.31. The summed E-state index contributed by atoms with van der Waals surface area (Å²) in [4.78, 5) is 12.0. The molecular weight excluding hydrogens is 266 g/mol. The lowest BCUT2D eigenvalue weighted by molar-refractivity contribution is -0.116. The largest absolute Gasteiger partial charge is 0.497 e. The van der Waals surface area contributed by atoms with Crippen molar-refractivity contribution in [1.29, 1.82) is 0 Å². The Morgan fingerprint density at radius 2 is 1.95 bits per heavy atom. The standard InChI is InChI=1S/C16H21N3O2/c1-11-15(12(2)19(3)18-11)9-10-16(20)17-13-5-7-14(21-4)8-6-13/h5-8H,9-10H2,1-4H3,(H,17,20). The van der Waals surface area contributed by atoms with Crippen LogP contribution in [0.15, 0.2) is 24.3 Å². The summed E-state index contributed by atoms with van der Waals surface area (Å²) in [7, 11) is 3.54. The predicted octanol–water partition coefficient (Wildman–Crippen LogP) is 2.62. The van der Waals surface area contributed by atoms with Crippen LogP contribution in [0.3, 0.4) is 0 Å². The maximum absolute atomic E-state index is 12.0. The van der Waals surface area contributed by atoms with Gasteiger partial charge in [0, 0.05) is 24.8 Å². The lowest BCUT2D eigenvalue weighted by Crippen LogP contribution is -2.12. The molecule has 0 aliphatic carbocycles. The van der Waals surface area contributed by atoms with Gasteiger partial charge in [-0.2, -0.15) is 5.10 Å². The predicted molar refractivity (Wildman–Crippen MR) is 82.6 cm³/mol. The number of carbonyl (C=O) groups excluding carboxylic acids is 1. The molecule has 0 bridgehead atoms. The molecule has 21 heavy (non-hydrogen) atoms. The van der Waals surface area contributed by atoms with E-state index in [1.807, 2.05) is 49.8 Å². The number of carbonyl (C=O) groups is 1. The Labute approximate surface area is 124 Å². The molecule has 0 saturated carbocycles. The number of methoxy groups -OCH3 is 1. The first-order valence-electron chi connectivity index (χ1n) is 6.94. The molecule has 1 aromatic heterocycles. The average molecular weight is 287 g/mol. The van der Waals surface area contributed by atoms with Gasteiger partial charge in [0.05, 0.1) is 12.8 Å². The summed E-state index contributed by atoms with van der Waals surface area (Å²) in [5, 5.41) is 7.25. The van der Waals surface area contributed by atoms with E-state index in [0.29, 0.717) is 12.8 Å². The van der Waals surface area contributed by atoms with E-state index >= 15 is 0 Å². The number of benzene rings is 1. The van der Waals surface area contributed by atoms with E-state index in [1.54, 1.807) is 7.11 Å². The molecule has 112 valence electrons. The quantitative estimate of drug-likeness (QED) is 0.919. The Bertz CT molecular complexity index is 630. The van der Waals surface area contributed by atoms with Crippen LogP contribution >= 0.6 is 0 Å². The maximum atomic E-state index is 12.0. The third-order valence-electron chi connectivity index (χ3n) is 3.63. The molecule has 1 heterocycles. The SMILES string of the molecule is COc1ccc(NC(=O)CCc2c(C)nn(C)c2C)cc1. The smallest absolute Gasteiger partial charge is 0.224 e. The van der Waals surface area contributed by atoms with Crippen molar-refractivity contribution < 1.29 is 9.53 Å². The van der Waals surface area contributed by atoms with Crippen molar-refractivity contribution in [2.75, 3.05) is 12.4 Å². The van der Waals surface area contributed by atoms with E-state index in [0.717, 1.165) is 28.4 Å². The summed E-state index contributed by atoms with van der Waals surface area (Å²) in [6.45, 7) is 4.00. The van der Waals surface area contributed by atoms with E-state index in [9.17, 15) is 4.79 Å². The monoisotopic (exact) mass is 287 g/mol. The molecule has 0 spiro atoms. The van der Waals surface area contributed by atoms with Crippen LogP contribution in [0, 0.1) is 13.8 Å². The molecule has 5 heteroatoms. The van der Waals surface area contributed by atoms with E-state index in [1.165, 1.54) is 0 Å². The molecule has 0 unspecified atom stereocenters. The fraction of sp³-hybridized carbons (Fsp3) is 0.375. The average Bonchev–Trinajstić information content (AvgIpc) is 2.71. The number of aromatic nitrogens is 2. The van der Waals surface area contributed by atoms with Crippen molar-refractivity contribution in [3.05, 3.63) is 41.2 Å². The minimum atomic E-state index is 0.00261. The number of nitrogens with one attached hydrogen (secondary N) is 1. The summed E-state index contributed by atoms with van der Waals surface area (Å²) in [6.07, 6.45) is 1.15. The van der Waals surface area contributed by atoms with Crippen LogP contribution in [-0.2, 0) is 18.3 Å². The number of anilines is 1.